The molecule has 3 rings (SSSR count). The van der Waals surface area contributed by atoms with Gasteiger partial charge >= 0.3 is 6.18 Å². The van der Waals surface area contributed by atoms with Crippen LogP contribution in [0.4, 0.5) is 13.2 Å². The Hall–Kier alpha value is -2.41. The highest BCUT2D eigenvalue weighted by atomic mass is 19.4. The lowest BCUT2D eigenvalue weighted by atomic mass is 9.92. The average Bonchev–Trinajstić information content (AvgIpc) is 2.66. The van der Waals surface area contributed by atoms with E-state index in [1.807, 2.05) is 30.3 Å². The van der Waals surface area contributed by atoms with E-state index < -0.39 is 18.9 Å². The van der Waals surface area contributed by atoms with Crippen molar-refractivity contribution in [3.63, 3.8) is 0 Å². The van der Waals surface area contributed by atoms with Crippen molar-refractivity contribution in [3.05, 3.63) is 53.7 Å². The molecule has 150 valence electrons. The zero-order valence-corrected chi connectivity index (χ0v) is 15.6. The number of pyridine rings is 1. The van der Waals surface area contributed by atoms with Crippen molar-refractivity contribution < 1.29 is 22.7 Å². The van der Waals surface area contributed by atoms with Gasteiger partial charge in [0, 0.05) is 11.6 Å². The molecule has 1 aliphatic carbocycles. The molecule has 1 N–H and O–H groups in total. The maximum atomic E-state index is 12.6. The van der Waals surface area contributed by atoms with Crippen molar-refractivity contribution in [1.29, 1.82) is 0 Å². The van der Waals surface area contributed by atoms with Gasteiger partial charge in [0.25, 0.3) is 5.91 Å². The predicted molar refractivity (Wildman–Crippen MR) is 99.9 cm³/mol. The summed E-state index contributed by atoms with van der Waals surface area (Å²) < 4.78 is 42.0. The number of halogens is 3. The molecule has 1 aliphatic rings. The van der Waals surface area contributed by atoms with Gasteiger partial charge in [-0.25, -0.2) is 0 Å². The molecular formula is C21H23F3N2O2. The van der Waals surface area contributed by atoms with E-state index in [1.165, 1.54) is 0 Å². The number of hydrogen-bond donors (Lipinski definition) is 1. The maximum Gasteiger partial charge on any atom is 0.411 e. The summed E-state index contributed by atoms with van der Waals surface area (Å²) >= 11 is 0. The van der Waals surface area contributed by atoms with E-state index in [0.29, 0.717) is 24.1 Å². The van der Waals surface area contributed by atoms with Crippen LogP contribution in [0.3, 0.4) is 0 Å². The first kappa shape index (κ1) is 20.3. The van der Waals surface area contributed by atoms with Crippen LogP contribution in [0.25, 0.3) is 11.3 Å². The predicted octanol–water partition coefficient (Wildman–Crippen LogP) is 4.68. The standard InChI is InChI=1S/C21H23F3N2O2/c1-14-18(10-11-19(25-14)15-6-3-2-4-7-15)20(27)26-16-8-5-9-17(12-16)28-13-21(22,23)24/h2-4,6-7,10-11,16-17H,5,8-9,12-13H2,1H3,(H,26,27)/t16-,17-/m1/s1. The first-order valence-corrected chi connectivity index (χ1v) is 9.34. The SMILES string of the molecule is Cc1nc(-c2ccccc2)ccc1C(=O)N[C@@H]1CCC[C@@H](OCC(F)(F)F)C1. The molecule has 28 heavy (non-hydrogen) atoms. The first-order valence-electron chi connectivity index (χ1n) is 9.34. The number of nitrogens with one attached hydrogen (secondary N) is 1. The fourth-order valence-corrected chi connectivity index (χ4v) is 3.47. The van der Waals surface area contributed by atoms with Gasteiger partial charge in [-0.3, -0.25) is 9.78 Å². The quantitative estimate of drug-likeness (QED) is 0.804. The van der Waals surface area contributed by atoms with Crippen molar-refractivity contribution >= 4 is 5.91 Å². The number of hydrogen-bond acceptors (Lipinski definition) is 3. The second kappa shape index (κ2) is 8.73. The minimum absolute atomic E-state index is 0.201. The topological polar surface area (TPSA) is 51.2 Å². The molecule has 2 aromatic rings. The summed E-state index contributed by atoms with van der Waals surface area (Å²) in [7, 11) is 0. The lowest BCUT2D eigenvalue weighted by Gasteiger charge is -2.30. The van der Waals surface area contributed by atoms with Crippen molar-refractivity contribution in [2.24, 2.45) is 0 Å². The third-order valence-electron chi connectivity index (χ3n) is 4.84. The molecule has 0 unspecified atom stereocenters. The van der Waals surface area contributed by atoms with Gasteiger partial charge in [0.1, 0.15) is 6.61 Å². The molecule has 4 nitrogen and oxygen atoms in total. The van der Waals surface area contributed by atoms with Gasteiger partial charge in [0.15, 0.2) is 0 Å². The van der Waals surface area contributed by atoms with Crippen LogP contribution < -0.4 is 5.32 Å². The smallest absolute Gasteiger partial charge is 0.369 e. The number of alkyl halides is 3. The third-order valence-corrected chi connectivity index (χ3v) is 4.84. The largest absolute Gasteiger partial charge is 0.411 e. The van der Waals surface area contributed by atoms with Crippen LogP contribution in [0.1, 0.15) is 41.7 Å². The maximum absolute atomic E-state index is 12.6. The van der Waals surface area contributed by atoms with Crippen molar-refractivity contribution in [2.75, 3.05) is 6.61 Å². The molecular weight excluding hydrogens is 369 g/mol. The summed E-state index contributed by atoms with van der Waals surface area (Å²) in [6, 6.07) is 13.0. The van der Waals surface area contributed by atoms with Crippen molar-refractivity contribution in [2.45, 2.75) is 50.9 Å². The number of amides is 1. The zero-order valence-electron chi connectivity index (χ0n) is 15.6. The number of ether oxygens (including phenoxy) is 1. The van der Waals surface area contributed by atoms with Crippen LogP contribution in [-0.2, 0) is 4.74 Å². The van der Waals surface area contributed by atoms with Crippen LogP contribution in [-0.4, -0.2) is 35.8 Å². The summed E-state index contributed by atoms with van der Waals surface area (Å²) in [6.45, 7) is 0.528. The highest BCUT2D eigenvalue weighted by Gasteiger charge is 2.31. The van der Waals surface area contributed by atoms with E-state index in [1.54, 1.807) is 19.1 Å². The highest BCUT2D eigenvalue weighted by molar-refractivity contribution is 5.95. The molecule has 1 heterocycles. The second-order valence-electron chi connectivity index (χ2n) is 7.08. The molecule has 1 amide bonds. The third kappa shape index (κ3) is 5.55. The van der Waals surface area contributed by atoms with Gasteiger partial charge < -0.3 is 10.1 Å². The fourth-order valence-electron chi connectivity index (χ4n) is 3.47. The Balaban J connectivity index is 1.61. The van der Waals surface area contributed by atoms with Crippen LogP contribution in [0.15, 0.2) is 42.5 Å². The molecule has 0 radical (unpaired) electrons. The lowest BCUT2D eigenvalue weighted by molar-refractivity contribution is -0.188. The van der Waals surface area contributed by atoms with Gasteiger partial charge in [-0.1, -0.05) is 30.3 Å². The summed E-state index contributed by atoms with van der Waals surface area (Å²) in [4.78, 5) is 17.2. The Morgan fingerprint density at radius 2 is 1.93 bits per heavy atom. The van der Waals surface area contributed by atoms with Gasteiger partial charge in [-0.05, 0) is 44.7 Å². The minimum atomic E-state index is -4.33. The van der Waals surface area contributed by atoms with Crippen LogP contribution in [0, 0.1) is 6.92 Å². The fraction of sp³-hybridized carbons (Fsp3) is 0.429. The molecule has 1 fully saturated rings. The number of carbonyl (C=O) groups is 1. The summed E-state index contributed by atoms with van der Waals surface area (Å²) in [5, 5.41) is 2.92. The minimum Gasteiger partial charge on any atom is -0.369 e. The molecule has 2 atom stereocenters. The Bertz CT molecular complexity index is 809. The molecule has 1 aromatic heterocycles. The van der Waals surface area contributed by atoms with Crippen LogP contribution >= 0.6 is 0 Å². The molecule has 1 aromatic carbocycles. The summed E-state index contributed by atoms with van der Waals surface area (Å²) in [6.07, 6.45) is -2.41. The number of aryl methyl sites for hydroxylation is 1. The van der Waals surface area contributed by atoms with Gasteiger partial charge in [0.05, 0.1) is 23.1 Å². The number of benzene rings is 1. The molecule has 1 saturated carbocycles. The normalized spacial score (nSPS) is 20.0. The summed E-state index contributed by atoms with van der Waals surface area (Å²) in [5.74, 6) is -0.258. The lowest BCUT2D eigenvalue weighted by Crippen LogP contribution is -2.41. The monoisotopic (exact) mass is 392 g/mol. The average molecular weight is 392 g/mol. The van der Waals surface area contributed by atoms with E-state index in [2.05, 4.69) is 10.3 Å². The van der Waals surface area contributed by atoms with Crippen molar-refractivity contribution in [3.8, 4) is 11.3 Å². The number of carbonyl (C=O) groups excluding carboxylic acids is 1. The van der Waals surface area contributed by atoms with Gasteiger partial charge in [-0.15, -0.1) is 0 Å². The Morgan fingerprint density at radius 3 is 2.61 bits per heavy atom. The van der Waals surface area contributed by atoms with E-state index in [-0.39, 0.29) is 11.9 Å². The number of aromatic nitrogens is 1. The van der Waals surface area contributed by atoms with E-state index in [0.717, 1.165) is 24.1 Å². The Kier molecular flexibility index (Phi) is 6.34. The first-order chi connectivity index (χ1) is 13.3. The second-order valence-corrected chi connectivity index (χ2v) is 7.08. The number of rotatable bonds is 5. The van der Waals surface area contributed by atoms with Crippen LogP contribution in [0.2, 0.25) is 0 Å². The highest BCUT2D eigenvalue weighted by Crippen LogP contribution is 2.25. The molecule has 0 saturated heterocycles. The molecule has 0 spiro atoms. The number of nitrogens with zero attached hydrogens (tertiary/aromatic N) is 1. The Morgan fingerprint density at radius 1 is 1.18 bits per heavy atom. The van der Waals surface area contributed by atoms with E-state index in [4.69, 9.17) is 4.74 Å². The van der Waals surface area contributed by atoms with Gasteiger partial charge in [-0.2, -0.15) is 13.2 Å². The van der Waals surface area contributed by atoms with Gasteiger partial charge in [0.2, 0.25) is 0 Å². The van der Waals surface area contributed by atoms with Crippen LogP contribution in [0.5, 0.6) is 0 Å². The summed E-state index contributed by atoms with van der Waals surface area (Å²) in [5.41, 5.74) is 2.83. The molecule has 0 bridgehead atoms. The van der Waals surface area contributed by atoms with E-state index in [9.17, 15) is 18.0 Å². The zero-order chi connectivity index (χ0) is 20.1. The van der Waals surface area contributed by atoms with E-state index >= 15 is 0 Å². The molecule has 7 heteroatoms. The van der Waals surface area contributed by atoms with Crippen molar-refractivity contribution in [1.82, 2.24) is 10.3 Å². The Labute approximate surface area is 162 Å². The molecule has 0 aliphatic heterocycles.